The zero-order chi connectivity index (χ0) is 27.6. The number of carbonyl (C=O) groups excluding carboxylic acids is 3. The number of benzene rings is 3. The van der Waals surface area contributed by atoms with Gasteiger partial charge < -0.3 is 15.5 Å². The maximum absolute atomic E-state index is 13.8. The highest BCUT2D eigenvalue weighted by Gasteiger charge is 2.44. The molecule has 0 aliphatic carbocycles. The van der Waals surface area contributed by atoms with Crippen molar-refractivity contribution in [2.24, 2.45) is 0 Å². The molecule has 0 spiro atoms. The van der Waals surface area contributed by atoms with E-state index in [9.17, 15) is 24.3 Å². The quantitative estimate of drug-likeness (QED) is 0.236. The van der Waals surface area contributed by atoms with Crippen molar-refractivity contribution < 1.29 is 29.4 Å². The molecule has 0 saturated heterocycles. The topological polar surface area (TPSA) is 124 Å². The van der Waals surface area contributed by atoms with Crippen molar-refractivity contribution in [1.29, 1.82) is 0 Å². The van der Waals surface area contributed by atoms with Gasteiger partial charge in [0.2, 0.25) is 5.91 Å². The van der Waals surface area contributed by atoms with Crippen LogP contribution < -0.4 is 10.2 Å². The van der Waals surface area contributed by atoms with Crippen LogP contribution in [0.5, 0.6) is 0 Å². The number of nitrogens with zero attached hydrogens (tertiary/aromatic N) is 1. The van der Waals surface area contributed by atoms with Crippen LogP contribution in [0.15, 0.2) is 90.2 Å². The van der Waals surface area contributed by atoms with Crippen LogP contribution in [0.2, 0.25) is 15.1 Å². The number of aliphatic carboxylic acids is 1. The molecule has 3 aromatic carbocycles. The standard InChI is InChI=1S/C27H17Cl3N2O6/c28-16-7-4-14(5-8-16)24-23(26(37)27(38)32(24)18-3-1-2-17(29)13-18)25(36)15-6-9-19(30)20(12-15)31-21(33)10-11-22(34)35/h1-13,24,37H,(H,31,33)(H,34,35). The number of nitrogens with one attached hydrogen (secondary N) is 1. The first-order chi connectivity index (χ1) is 18.1. The Morgan fingerprint density at radius 3 is 2.26 bits per heavy atom. The van der Waals surface area contributed by atoms with Gasteiger partial charge in [-0.1, -0.05) is 53.0 Å². The highest BCUT2D eigenvalue weighted by molar-refractivity contribution is 6.34. The van der Waals surface area contributed by atoms with Crippen LogP contribution in [0, 0.1) is 0 Å². The molecule has 1 heterocycles. The van der Waals surface area contributed by atoms with Crippen LogP contribution in [0.4, 0.5) is 11.4 Å². The van der Waals surface area contributed by atoms with Crippen LogP contribution in [0.1, 0.15) is 22.0 Å². The van der Waals surface area contributed by atoms with E-state index >= 15 is 0 Å². The lowest BCUT2D eigenvalue weighted by Gasteiger charge is -2.27. The molecule has 0 fully saturated rings. The molecular formula is C27H17Cl3N2O6. The van der Waals surface area contributed by atoms with Crippen molar-refractivity contribution in [3.63, 3.8) is 0 Å². The van der Waals surface area contributed by atoms with Crippen LogP contribution in [0.25, 0.3) is 0 Å². The van der Waals surface area contributed by atoms with Gasteiger partial charge in [0, 0.05) is 33.4 Å². The minimum Gasteiger partial charge on any atom is -0.503 e. The Kier molecular flexibility index (Phi) is 7.87. The molecule has 1 atom stereocenters. The molecule has 3 N–H and O–H groups in total. The van der Waals surface area contributed by atoms with E-state index in [1.807, 2.05) is 0 Å². The van der Waals surface area contributed by atoms with E-state index < -0.39 is 35.4 Å². The zero-order valence-electron chi connectivity index (χ0n) is 19.2. The summed E-state index contributed by atoms with van der Waals surface area (Å²) in [5, 5.41) is 22.9. The molecule has 0 radical (unpaired) electrons. The number of aliphatic hydroxyl groups excluding tert-OH is 1. The van der Waals surface area contributed by atoms with Gasteiger partial charge in [-0.3, -0.25) is 19.3 Å². The molecule has 192 valence electrons. The number of Topliss-reactive ketones (excluding diaryl/α,β-unsaturated/α-hetero) is 1. The lowest BCUT2D eigenvalue weighted by atomic mass is 9.92. The predicted molar refractivity (Wildman–Crippen MR) is 144 cm³/mol. The van der Waals surface area contributed by atoms with Gasteiger partial charge >= 0.3 is 5.97 Å². The normalized spacial score (nSPS) is 15.3. The van der Waals surface area contributed by atoms with Crippen LogP contribution >= 0.6 is 34.8 Å². The average Bonchev–Trinajstić information content (AvgIpc) is 3.14. The summed E-state index contributed by atoms with van der Waals surface area (Å²) in [5.74, 6) is -4.37. The molecule has 8 nitrogen and oxygen atoms in total. The Labute approximate surface area is 231 Å². The summed E-state index contributed by atoms with van der Waals surface area (Å²) in [7, 11) is 0. The molecule has 3 aromatic rings. The number of carbonyl (C=O) groups is 4. The van der Waals surface area contributed by atoms with E-state index in [1.165, 1.54) is 29.2 Å². The van der Waals surface area contributed by atoms with Crippen molar-refractivity contribution in [3.05, 3.63) is 116 Å². The fraction of sp³-hybridized carbons (Fsp3) is 0.0370. The first kappa shape index (κ1) is 26.9. The smallest absolute Gasteiger partial charge is 0.328 e. The molecule has 1 aliphatic heterocycles. The number of rotatable bonds is 7. The maximum atomic E-state index is 13.8. The third-order valence-corrected chi connectivity index (χ3v) is 6.41. The van der Waals surface area contributed by atoms with E-state index in [0.29, 0.717) is 27.4 Å². The third kappa shape index (κ3) is 5.57. The highest BCUT2D eigenvalue weighted by atomic mass is 35.5. The molecule has 0 aromatic heterocycles. The summed E-state index contributed by atoms with van der Waals surface area (Å²) in [5.41, 5.74) is 0.676. The number of ketones is 1. The van der Waals surface area contributed by atoms with E-state index in [2.05, 4.69) is 5.32 Å². The van der Waals surface area contributed by atoms with Crippen LogP contribution in [-0.2, 0) is 14.4 Å². The number of anilines is 2. The molecule has 0 bridgehead atoms. The summed E-state index contributed by atoms with van der Waals surface area (Å²) in [4.78, 5) is 51.0. The molecule has 0 saturated carbocycles. The van der Waals surface area contributed by atoms with Crippen molar-refractivity contribution in [3.8, 4) is 0 Å². The van der Waals surface area contributed by atoms with Gasteiger partial charge in [-0.05, 0) is 54.1 Å². The van der Waals surface area contributed by atoms with Gasteiger partial charge in [0.15, 0.2) is 11.5 Å². The maximum Gasteiger partial charge on any atom is 0.328 e. The first-order valence-corrected chi connectivity index (χ1v) is 12.0. The Balaban J connectivity index is 1.78. The average molecular weight is 572 g/mol. The summed E-state index contributed by atoms with van der Waals surface area (Å²) in [6.45, 7) is 0. The second kappa shape index (κ2) is 11.1. The third-order valence-electron chi connectivity index (χ3n) is 5.59. The zero-order valence-corrected chi connectivity index (χ0v) is 21.5. The fourth-order valence-electron chi connectivity index (χ4n) is 3.93. The van der Waals surface area contributed by atoms with Crippen LogP contribution in [-0.4, -0.2) is 33.8 Å². The lowest BCUT2D eigenvalue weighted by Crippen LogP contribution is -2.31. The van der Waals surface area contributed by atoms with Crippen molar-refractivity contribution in [2.45, 2.75) is 6.04 Å². The second-order valence-corrected chi connectivity index (χ2v) is 9.34. The van der Waals surface area contributed by atoms with Gasteiger partial charge in [0.1, 0.15) is 0 Å². The molecule has 2 amide bonds. The SMILES string of the molecule is O=C(O)C=CC(=O)Nc1cc(C(=O)C2=C(O)C(=O)N(c3cccc(Cl)c3)C2c2ccc(Cl)cc2)ccc1Cl. The summed E-state index contributed by atoms with van der Waals surface area (Å²) >= 11 is 18.4. The van der Waals surface area contributed by atoms with Gasteiger partial charge in [0.25, 0.3) is 5.91 Å². The molecule has 1 aliphatic rings. The van der Waals surface area contributed by atoms with Gasteiger partial charge in [-0.25, -0.2) is 4.79 Å². The summed E-state index contributed by atoms with van der Waals surface area (Å²) in [6.07, 6.45) is 1.43. The number of carboxylic acid groups (broad SMARTS) is 1. The Morgan fingerprint density at radius 1 is 0.895 bits per heavy atom. The van der Waals surface area contributed by atoms with Gasteiger partial charge in [-0.2, -0.15) is 0 Å². The predicted octanol–water partition coefficient (Wildman–Crippen LogP) is 6.01. The Hall–Kier alpha value is -4.11. The van der Waals surface area contributed by atoms with E-state index in [4.69, 9.17) is 39.9 Å². The second-order valence-electron chi connectivity index (χ2n) is 8.06. The summed E-state index contributed by atoms with van der Waals surface area (Å²) < 4.78 is 0. The Morgan fingerprint density at radius 2 is 1.61 bits per heavy atom. The van der Waals surface area contributed by atoms with Crippen molar-refractivity contribution in [2.75, 3.05) is 10.2 Å². The van der Waals surface area contributed by atoms with E-state index in [-0.39, 0.29) is 21.8 Å². The number of halogens is 3. The molecule has 4 rings (SSSR count). The first-order valence-electron chi connectivity index (χ1n) is 10.9. The fourth-order valence-corrected chi connectivity index (χ4v) is 4.40. The number of aliphatic hydroxyl groups is 1. The van der Waals surface area contributed by atoms with Crippen molar-refractivity contribution in [1.82, 2.24) is 0 Å². The summed E-state index contributed by atoms with van der Waals surface area (Å²) in [6, 6.07) is 15.8. The van der Waals surface area contributed by atoms with Gasteiger partial charge in [-0.15, -0.1) is 0 Å². The molecule has 11 heteroatoms. The van der Waals surface area contributed by atoms with E-state index in [1.54, 1.807) is 42.5 Å². The number of hydrogen-bond donors (Lipinski definition) is 3. The number of carboxylic acids is 1. The number of amides is 2. The molecule has 1 unspecified atom stereocenters. The minimum atomic E-state index is -1.32. The highest BCUT2D eigenvalue weighted by Crippen LogP contribution is 2.43. The largest absolute Gasteiger partial charge is 0.503 e. The van der Waals surface area contributed by atoms with Crippen molar-refractivity contribution >= 4 is 69.7 Å². The number of hydrogen-bond acceptors (Lipinski definition) is 5. The minimum absolute atomic E-state index is 0.00757. The monoisotopic (exact) mass is 570 g/mol. The Bertz CT molecular complexity index is 1530. The van der Waals surface area contributed by atoms with E-state index in [0.717, 1.165) is 6.08 Å². The molecule has 38 heavy (non-hydrogen) atoms. The molecular weight excluding hydrogens is 555 g/mol. The van der Waals surface area contributed by atoms with Gasteiger partial charge in [0.05, 0.1) is 22.3 Å². The lowest BCUT2D eigenvalue weighted by molar-refractivity contribution is -0.131. The van der Waals surface area contributed by atoms with Crippen LogP contribution in [0.3, 0.4) is 0 Å².